The van der Waals surface area contributed by atoms with Crippen LogP contribution in [-0.2, 0) is 5.75 Å². The molecule has 2 aliphatic rings. The monoisotopic (exact) mass is 434 g/mol. The van der Waals surface area contributed by atoms with Gasteiger partial charge in [0.25, 0.3) is 5.91 Å². The van der Waals surface area contributed by atoms with Crippen LogP contribution in [0.25, 0.3) is 0 Å². The SMILES string of the molecule is O=C(c1cncc(CSc2c(Cl)cccc2Cl)c1)N1CC[C@H]2CCCC[C@@H]2C1. The van der Waals surface area contributed by atoms with E-state index in [9.17, 15) is 4.79 Å². The maximum absolute atomic E-state index is 13.0. The first-order valence-corrected chi connectivity index (χ1v) is 11.7. The molecule has 1 aliphatic heterocycles. The molecule has 6 heteroatoms. The zero-order valence-electron chi connectivity index (χ0n) is 15.7. The first kappa shape index (κ1) is 20.1. The molecule has 148 valence electrons. The van der Waals surface area contributed by atoms with Gasteiger partial charge in [0.1, 0.15) is 0 Å². The number of pyridine rings is 1. The summed E-state index contributed by atoms with van der Waals surface area (Å²) in [6, 6.07) is 7.47. The molecular weight excluding hydrogens is 411 g/mol. The van der Waals surface area contributed by atoms with Gasteiger partial charge < -0.3 is 4.90 Å². The van der Waals surface area contributed by atoms with Crippen molar-refractivity contribution in [1.29, 1.82) is 0 Å². The van der Waals surface area contributed by atoms with Gasteiger partial charge in [-0.1, -0.05) is 48.5 Å². The van der Waals surface area contributed by atoms with Gasteiger partial charge in [0.15, 0.2) is 0 Å². The van der Waals surface area contributed by atoms with E-state index in [2.05, 4.69) is 4.98 Å². The zero-order chi connectivity index (χ0) is 19.5. The molecule has 28 heavy (non-hydrogen) atoms. The molecule has 1 amide bonds. The molecule has 0 N–H and O–H groups in total. The van der Waals surface area contributed by atoms with Crippen molar-refractivity contribution in [2.75, 3.05) is 13.1 Å². The van der Waals surface area contributed by atoms with Gasteiger partial charge >= 0.3 is 0 Å². The van der Waals surface area contributed by atoms with E-state index in [0.29, 0.717) is 27.3 Å². The number of carbonyl (C=O) groups excluding carboxylic acids is 1. The number of carbonyl (C=O) groups is 1. The highest BCUT2D eigenvalue weighted by Crippen LogP contribution is 2.37. The highest BCUT2D eigenvalue weighted by Gasteiger charge is 2.33. The number of fused-ring (bicyclic) bond motifs is 1. The third-order valence-corrected chi connectivity index (χ3v) is 7.98. The highest BCUT2D eigenvalue weighted by atomic mass is 35.5. The lowest BCUT2D eigenvalue weighted by molar-refractivity contribution is 0.0520. The minimum atomic E-state index is 0.110. The van der Waals surface area contributed by atoms with Crippen molar-refractivity contribution in [3.05, 3.63) is 57.8 Å². The van der Waals surface area contributed by atoms with E-state index < -0.39 is 0 Å². The Morgan fingerprint density at radius 3 is 2.64 bits per heavy atom. The fraction of sp³-hybridized carbons (Fsp3) is 0.455. The summed E-state index contributed by atoms with van der Waals surface area (Å²) >= 11 is 14.1. The number of rotatable bonds is 4. The fourth-order valence-corrected chi connectivity index (χ4v) is 6.03. The van der Waals surface area contributed by atoms with Crippen molar-refractivity contribution in [1.82, 2.24) is 9.88 Å². The van der Waals surface area contributed by atoms with Crippen LogP contribution in [0.2, 0.25) is 10.0 Å². The van der Waals surface area contributed by atoms with Crippen LogP contribution in [0.1, 0.15) is 48.0 Å². The zero-order valence-corrected chi connectivity index (χ0v) is 18.1. The van der Waals surface area contributed by atoms with Crippen LogP contribution in [0.15, 0.2) is 41.6 Å². The van der Waals surface area contributed by atoms with Gasteiger partial charge in [-0.15, -0.1) is 11.8 Å². The molecule has 2 atom stereocenters. The Kier molecular flexibility index (Phi) is 6.49. The Hall–Kier alpha value is -1.23. The maximum atomic E-state index is 13.0. The molecule has 0 radical (unpaired) electrons. The number of piperidine rings is 1. The second-order valence-electron chi connectivity index (χ2n) is 7.77. The molecule has 1 aromatic heterocycles. The Balaban J connectivity index is 1.42. The largest absolute Gasteiger partial charge is 0.338 e. The standard InChI is InChI=1S/C22H24Cl2N2OS/c23-19-6-3-7-20(24)21(19)28-14-15-10-18(12-25-11-15)22(27)26-9-8-16-4-1-2-5-17(16)13-26/h3,6-7,10-12,16-17H,1-2,4-5,8-9,13-14H2/t16-,17-/m1/s1. The van der Waals surface area contributed by atoms with E-state index in [1.165, 1.54) is 25.7 Å². The number of hydrogen-bond donors (Lipinski definition) is 0. The Labute approximate surface area is 180 Å². The molecule has 3 nitrogen and oxygen atoms in total. The van der Waals surface area contributed by atoms with E-state index in [1.54, 1.807) is 18.0 Å². The summed E-state index contributed by atoms with van der Waals surface area (Å²) in [7, 11) is 0. The van der Waals surface area contributed by atoms with E-state index in [-0.39, 0.29) is 5.91 Å². The number of aromatic nitrogens is 1. The Morgan fingerprint density at radius 2 is 1.86 bits per heavy atom. The predicted molar refractivity (Wildman–Crippen MR) is 116 cm³/mol. The Bertz CT molecular complexity index is 840. The van der Waals surface area contributed by atoms with Crippen LogP contribution in [0, 0.1) is 11.8 Å². The number of likely N-dealkylation sites (tertiary alicyclic amines) is 1. The topological polar surface area (TPSA) is 33.2 Å². The molecule has 0 unspecified atom stereocenters. The summed E-state index contributed by atoms with van der Waals surface area (Å²) in [4.78, 5) is 20.3. The predicted octanol–water partition coefficient (Wildman–Crippen LogP) is 6.33. The molecule has 4 rings (SSSR count). The van der Waals surface area contributed by atoms with Gasteiger partial charge in [-0.3, -0.25) is 9.78 Å². The second kappa shape index (κ2) is 9.06. The highest BCUT2D eigenvalue weighted by molar-refractivity contribution is 7.98. The molecule has 0 bridgehead atoms. The van der Waals surface area contributed by atoms with E-state index in [1.807, 2.05) is 35.4 Å². The minimum Gasteiger partial charge on any atom is -0.338 e. The summed E-state index contributed by atoms with van der Waals surface area (Å²) in [6.07, 6.45) is 9.90. The van der Waals surface area contributed by atoms with Gasteiger partial charge in [-0.2, -0.15) is 0 Å². The first-order valence-electron chi connectivity index (χ1n) is 9.92. The smallest absolute Gasteiger partial charge is 0.255 e. The number of thioether (sulfide) groups is 1. The summed E-state index contributed by atoms with van der Waals surface area (Å²) < 4.78 is 0. The van der Waals surface area contributed by atoms with Gasteiger partial charge in [0, 0.05) is 36.1 Å². The van der Waals surface area contributed by atoms with Crippen molar-refractivity contribution in [2.24, 2.45) is 11.8 Å². The lowest BCUT2D eigenvalue weighted by atomic mass is 9.75. The second-order valence-corrected chi connectivity index (χ2v) is 9.57. The molecule has 2 heterocycles. The normalized spacial score (nSPS) is 22.0. The molecule has 1 aliphatic carbocycles. The molecule has 1 aromatic carbocycles. The van der Waals surface area contributed by atoms with Gasteiger partial charge in [0.05, 0.1) is 15.6 Å². The van der Waals surface area contributed by atoms with E-state index in [4.69, 9.17) is 23.2 Å². The molecule has 1 saturated heterocycles. The summed E-state index contributed by atoms with van der Waals surface area (Å²) in [5, 5.41) is 1.29. The summed E-state index contributed by atoms with van der Waals surface area (Å²) in [5.74, 6) is 2.28. The van der Waals surface area contributed by atoms with Crippen LogP contribution in [-0.4, -0.2) is 28.9 Å². The number of nitrogens with zero attached hydrogens (tertiary/aromatic N) is 2. The number of halogens is 2. The Morgan fingerprint density at radius 1 is 1.11 bits per heavy atom. The molecular formula is C22H24Cl2N2OS. The molecule has 0 spiro atoms. The van der Waals surface area contributed by atoms with Crippen LogP contribution in [0.4, 0.5) is 0 Å². The van der Waals surface area contributed by atoms with Gasteiger partial charge in [-0.05, 0) is 48.4 Å². The third-order valence-electron chi connectivity index (χ3n) is 5.92. The quantitative estimate of drug-likeness (QED) is 0.526. The minimum absolute atomic E-state index is 0.110. The van der Waals surface area contributed by atoms with Crippen LogP contribution >= 0.6 is 35.0 Å². The van der Waals surface area contributed by atoms with Crippen LogP contribution in [0.3, 0.4) is 0 Å². The van der Waals surface area contributed by atoms with Crippen molar-refractivity contribution in [3.8, 4) is 0 Å². The van der Waals surface area contributed by atoms with E-state index >= 15 is 0 Å². The lowest BCUT2D eigenvalue weighted by Gasteiger charge is -2.41. The lowest BCUT2D eigenvalue weighted by Crippen LogP contribution is -2.44. The third kappa shape index (κ3) is 4.50. The van der Waals surface area contributed by atoms with Crippen molar-refractivity contribution in [3.63, 3.8) is 0 Å². The molecule has 1 saturated carbocycles. The van der Waals surface area contributed by atoms with Crippen molar-refractivity contribution < 1.29 is 4.79 Å². The maximum Gasteiger partial charge on any atom is 0.255 e. The van der Waals surface area contributed by atoms with Gasteiger partial charge in [-0.25, -0.2) is 0 Å². The average Bonchev–Trinajstić information content (AvgIpc) is 2.73. The number of amides is 1. The molecule has 2 fully saturated rings. The fourth-order valence-electron chi connectivity index (χ4n) is 4.43. The molecule has 2 aromatic rings. The number of benzene rings is 1. The summed E-state index contributed by atoms with van der Waals surface area (Å²) in [5.41, 5.74) is 1.68. The van der Waals surface area contributed by atoms with Gasteiger partial charge in [0.2, 0.25) is 0 Å². The first-order chi connectivity index (χ1) is 13.6. The average molecular weight is 435 g/mol. The number of hydrogen-bond acceptors (Lipinski definition) is 3. The van der Waals surface area contributed by atoms with Crippen LogP contribution in [0.5, 0.6) is 0 Å². The van der Waals surface area contributed by atoms with Crippen molar-refractivity contribution >= 4 is 40.9 Å². The van der Waals surface area contributed by atoms with Crippen LogP contribution < -0.4 is 0 Å². The van der Waals surface area contributed by atoms with Crippen molar-refractivity contribution in [2.45, 2.75) is 42.8 Å². The summed E-state index contributed by atoms with van der Waals surface area (Å²) in [6.45, 7) is 1.77. The van der Waals surface area contributed by atoms with E-state index in [0.717, 1.165) is 35.9 Å².